The molecule has 154 valence electrons. The predicted molar refractivity (Wildman–Crippen MR) is 101 cm³/mol. The van der Waals surface area contributed by atoms with Crippen LogP contribution >= 0.6 is 0 Å². The second-order valence-electron chi connectivity index (χ2n) is 6.23. The van der Waals surface area contributed by atoms with Gasteiger partial charge in [0, 0.05) is 52.3 Å². The summed E-state index contributed by atoms with van der Waals surface area (Å²) >= 11 is 0. The van der Waals surface area contributed by atoms with E-state index in [9.17, 15) is 13.2 Å². The number of unbranched alkanes of at least 4 members (excludes halogenated alkanes) is 1. The number of nitrogens with one attached hydrogen (secondary N) is 2. The van der Waals surface area contributed by atoms with Gasteiger partial charge in [-0.05, 0) is 31.4 Å². The molecule has 2 N–H and O–H groups in total. The van der Waals surface area contributed by atoms with Crippen molar-refractivity contribution in [1.29, 1.82) is 0 Å². The fourth-order valence-corrected chi connectivity index (χ4v) is 2.38. The molecule has 0 aliphatic carbocycles. The first kappa shape index (κ1) is 23.1. The van der Waals surface area contributed by atoms with Crippen molar-refractivity contribution in [1.82, 2.24) is 10.6 Å². The molecule has 1 aromatic rings. The summed E-state index contributed by atoms with van der Waals surface area (Å²) in [6.45, 7) is 4.15. The SMILES string of the molecule is CN=C(NCCCCC(F)(F)F)NCc1ccc(C)cc1OCCCOC. The zero-order valence-corrected chi connectivity index (χ0v) is 16.3. The summed E-state index contributed by atoms with van der Waals surface area (Å²) in [4.78, 5) is 4.10. The summed E-state index contributed by atoms with van der Waals surface area (Å²) in [5.74, 6) is 1.35. The Morgan fingerprint density at radius 1 is 1.11 bits per heavy atom. The lowest BCUT2D eigenvalue weighted by Crippen LogP contribution is -2.37. The summed E-state index contributed by atoms with van der Waals surface area (Å²) < 4.78 is 47.3. The maximum absolute atomic E-state index is 12.1. The van der Waals surface area contributed by atoms with E-state index < -0.39 is 12.6 Å². The number of methoxy groups -OCH3 is 1. The Morgan fingerprint density at radius 2 is 1.89 bits per heavy atom. The largest absolute Gasteiger partial charge is 0.493 e. The summed E-state index contributed by atoms with van der Waals surface area (Å²) in [5, 5.41) is 6.20. The highest BCUT2D eigenvalue weighted by atomic mass is 19.4. The normalized spacial score (nSPS) is 12.1. The van der Waals surface area contributed by atoms with E-state index in [1.807, 2.05) is 25.1 Å². The highest BCUT2D eigenvalue weighted by Gasteiger charge is 2.25. The second kappa shape index (κ2) is 12.4. The van der Waals surface area contributed by atoms with Gasteiger partial charge in [0.25, 0.3) is 0 Å². The maximum atomic E-state index is 12.1. The molecule has 0 saturated carbocycles. The minimum absolute atomic E-state index is 0.102. The van der Waals surface area contributed by atoms with Gasteiger partial charge in [0.1, 0.15) is 5.75 Å². The molecular formula is C19H30F3N3O2. The highest BCUT2D eigenvalue weighted by molar-refractivity contribution is 5.79. The van der Waals surface area contributed by atoms with Crippen LogP contribution < -0.4 is 15.4 Å². The Labute approximate surface area is 159 Å². The monoisotopic (exact) mass is 389 g/mol. The molecular weight excluding hydrogens is 359 g/mol. The lowest BCUT2D eigenvalue weighted by atomic mass is 10.1. The van der Waals surface area contributed by atoms with Gasteiger partial charge < -0.3 is 20.1 Å². The second-order valence-corrected chi connectivity index (χ2v) is 6.23. The van der Waals surface area contributed by atoms with Crippen LogP contribution in [0.5, 0.6) is 5.75 Å². The van der Waals surface area contributed by atoms with Gasteiger partial charge in [-0.2, -0.15) is 13.2 Å². The lowest BCUT2D eigenvalue weighted by Gasteiger charge is -2.15. The third kappa shape index (κ3) is 10.7. The fraction of sp³-hybridized carbons (Fsp3) is 0.632. The van der Waals surface area contributed by atoms with Crippen LogP contribution in [0.3, 0.4) is 0 Å². The maximum Gasteiger partial charge on any atom is 0.389 e. The number of halogens is 3. The van der Waals surface area contributed by atoms with Gasteiger partial charge in [-0.15, -0.1) is 0 Å². The fourth-order valence-electron chi connectivity index (χ4n) is 2.38. The van der Waals surface area contributed by atoms with Gasteiger partial charge in [0.2, 0.25) is 0 Å². The van der Waals surface area contributed by atoms with Crippen LogP contribution in [0.1, 0.15) is 36.8 Å². The topological polar surface area (TPSA) is 54.9 Å². The van der Waals surface area contributed by atoms with Gasteiger partial charge in [0.15, 0.2) is 5.96 Å². The van der Waals surface area contributed by atoms with Gasteiger partial charge in [-0.3, -0.25) is 4.99 Å². The molecule has 0 spiro atoms. The molecule has 0 heterocycles. The van der Waals surface area contributed by atoms with Crippen molar-refractivity contribution in [3.05, 3.63) is 29.3 Å². The number of guanidine groups is 1. The van der Waals surface area contributed by atoms with E-state index in [2.05, 4.69) is 15.6 Å². The van der Waals surface area contributed by atoms with Crippen LogP contribution in [0.2, 0.25) is 0 Å². The van der Waals surface area contributed by atoms with Gasteiger partial charge in [-0.1, -0.05) is 12.1 Å². The Kier molecular flexibility index (Phi) is 10.6. The first-order valence-corrected chi connectivity index (χ1v) is 9.08. The van der Waals surface area contributed by atoms with Crippen molar-refractivity contribution in [2.45, 2.75) is 45.3 Å². The Morgan fingerprint density at radius 3 is 2.56 bits per heavy atom. The molecule has 0 fully saturated rings. The number of hydrogen-bond donors (Lipinski definition) is 2. The third-order valence-corrected chi connectivity index (χ3v) is 3.82. The number of benzene rings is 1. The highest BCUT2D eigenvalue weighted by Crippen LogP contribution is 2.22. The van der Waals surface area contributed by atoms with E-state index >= 15 is 0 Å². The standard InChI is InChI=1S/C19H30F3N3O2/c1-15-7-8-16(17(13-15)27-12-6-11-26-3)14-25-18(23-2)24-10-5-4-9-19(20,21)22/h7-8,13H,4-6,9-12,14H2,1-3H3,(H2,23,24,25). The molecule has 1 aromatic carbocycles. The Bertz CT molecular complexity index is 578. The minimum atomic E-state index is -4.09. The van der Waals surface area contributed by atoms with Crippen molar-refractivity contribution in [2.75, 3.05) is 33.9 Å². The molecule has 0 amide bonds. The molecule has 8 heteroatoms. The molecule has 0 bridgehead atoms. The van der Waals surface area contributed by atoms with E-state index in [1.54, 1.807) is 14.2 Å². The van der Waals surface area contributed by atoms with Crippen LogP contribution in [-0.4, -0.2) is 46.1 Å². The molecule has 0 saturated heterocycles. The Balaban J connectivity index is 2.45. The van der Waals surface area contributed by atoms with E-state index in [1.165, 1.54) is 0 Å². The molecule has 0 aromatic heterocycles. The molecule has 0 atom stereocenters. The zero-order chi connectivity index (χ0) is 20.1. The van der Waals surface area contributed by atoms with Crippen LogP contribution in [-0.2, 0) is 11.3 Å². The summed E-state index contributed by atoms with van der Waals surface area (Å²) in [6, 6.07) is 5.98. The molecule has 0 radical (unpaired) electrons. The summed E-state index contributed by atoms with van der Waals surface area (Å²) in [5.41, 5.74) is 2.09. The first-order chi connectivity index (χ1) is 12.9. The molecule has 5 nitrogen and oxygen atoms in total. The number of ether oxygens (including phenoxy) is 2. The molecule has 0 aliphatic rings. The van der Waals surface area contributed by atoms with Crippen LogP contribution in [0.4, 0.5) is 13.2 Å². The number of nitrogens with zero attached hydrogens (tertiary/aromatic N) is 1. The van der Waals surface area contributed by atoms with Crippen LogP contribution in [0.25, 0.3) is 0 Å². The number of aryl methyl sites for hydroxylation is 1. The molecule has 27 heavy (non-hydrogen) atoms. The lowest BCUT2D eigenvalue weighted by molar-refractivity contribution is -0.135. The van der Waals surface area contributed by atoms with Crippen molar-refractivity contribution in [3.8, 4) is 5.75 Å². The average molecular weight is 389 g/mol. The number of rotatable bonds is 11. The first-order valence-electron chi connectivity index (χ1n) is 9.08. The van der Waals surface area contributed by atoms with Crippen molar-refractivity contribution >= 4 is 5.96 Å². The Hall–Kier alpha value is -1.96. The molecule has 1 rings (SSSR count). The quantitative estimate of drug-likeness (QED) is 0.343. The summed E-state index contributed by atoms with van der Waals surface area (Å²) in [7, 11) is 3.28. The minimum Gasteiger partial charge on any atom is -0.493 e. The van der Waals surface area contributed by atoms with Crippen LogP contribution in [0, 0.1) is 6.92 Å². The predicted octanol–water partition coefficient (Wildman–Crippen LogP) is 3.81. The zero-order valence-electron chi connectivity index (χ0n) is 16.3. The van der Waals surface area contributed by atoms with E-state index in [0.29, 0.717) is 38.7 Å². The number of alkyl halides is 3. The molecule has 0 aliphatic heterocycles. The van der Waals surface area contributed by atoms with E-state index in [-0.39, 0.29) is 6.42 Å². The van der Waals surface area contributed by atoms with Crippen molar-refractivity contribution in [2.24, 2.45) is 4.99 Å². The summed E-state index contributed by atoms with van der Waals surface area (Å²) in [6.07, 6.45) is -3.51. The number of hydrogen-bond acceptors (Lipinski definition) is 3. The van der Waals surface area contributed by atoms with E-state index in [0.717, 1.165) is 23.3 Å². The van der Waals surface area contributed by atoms with Crippen molar-refractivity contribution < 1.29 is 22.6 Å². The van der Waals surface area contributed by atoms with Gasteiger partial charge in [0.05, 0.1) is 6.61 Å². The third-order valence-electron chi connectivity index (χ3n) is 3.82. The van der Waals surface area contributed by atoms with Crippen molar-refractivity contribution in [3.63, 3.8) is 0 Å². The number of aliphatic imine (C=N–C) groups is 1. The average Bonchev–Trinajstić information content (AvgIpc) is 2.61. The molecule has 0 unspecified atom stereocenters. The van der Waals surface area contributed by atoms with E-state index in [4.69, 9.17) is 9.47 Å². The van der Waals surface area contributed by atoms with Crippen LogP contribution in [0.15, 0.2) is 23.2 Å². The smallest absolute Gasteiger partial charge is 0.389 e. The van der Waals surface area contributed by atoms with Gasteiger partial charge in [-0.25, -0.2) is 0 Å². The van der Waals surface area contributed by atoms with Gasteiger partial charge >= 0.3 is 6.18 Å².